The molecule has 26 heavy (non-hydrogen) atoms. The highest BCUT2D eigenvalue weighted by molar-refractivity contribution is 5.28. The highest BCUT2D eigenvalue weighted by Gasteiger charge is 2.39. The van der Waals surface area contributed by atoms with Crippen LogP contribution in [0.5, 0.6) is 0 Å². The second-order valence-corrected chi connectivity index (χ2v) is 8.63. The molecule has 3 rings (SSSR count). The van der Waals surface area contributed by atoms with Gasteiger partial charge in [-0.25, -0.2) is 0 Å². The van der Waals surface area contributed by atoms with Crippen LogP contribution in [0.1, 0.15) is 68.9 Å². The van der Waals surface area contributed by atoms with Gasteiger partial charge in [0.2, 0.25) is 0 Å². The Morgan fingerprint density at radius 1 is 1.04 bits per heavy atom. The highest BCUT2D eigenvalue weighted by atomic mass is 16.3. The molecule has 1 aliphatic carbocycles. The minimum atomic E-state index is -0.522. The van der Waals surface area contributed by atoms with E-state index in [2.05, 4.69) is 47.9 Å². The van der Waals surface area contributed by atoms with E-state index in [0.717, 1.165) is 32.5 Å². The number of nitrogens with zero attached hydrogens (tertiary/aromatic N) is 2. The van der Waals surface area contributed by atoms with Crippen molar-refractivity contribution in [3.05, 3.63) is 35.4 Å². The van der Waals surface area contributed by atoms with Crippen LogP contribution >= 0.6 is 0 Å². The molecule has 1 atom stereocenters. The summed E-state index contributed by atoms with van der Waals surface area (Å²) in [5.41, 5.74) is 2.12. The van der Waals surface area contributed by atoms with Crippen molar-refractivity contribution in [2.24, 2.45) is 0 Å². The Kier molecular flexibility index (Phi) is 7.13. The molecule has 2 fully saturated rings. The van der Waals surface area contributed by atoms with E-state index in [0.29, 0.717) is 0 Å². The van der Waals surface area contributed by atoms with Gasteiger partial charge >= 0.3 is 0 Å². The summed E-state index contributed by atoms with van der Waals surface area (Å²) in [6.07, 6.45) is 8.13. The molecular formula is C23H38N2O. The molecule has 0 amide bonds. The number of hydrogen-bond acceptors (Lipinski definition) is 3. The van der Waals surface area contributed by atoms with Gasteiger partial charge in [0.1, 0.15) is 0 Å². The number of piperazine rings is 1. The van der Waals surface area contributed by atoms with Crippen molar-refractivity contribution in [2.75, 3.05) is 39.3 Å². The van der Waals surface area contributed by atoms with Crippen LogP contribution in [0.4, 0.5) is 0 Å². The first-order chi connectivity index (χ1) is 12.6. The molecule has 146 valence electrons. The summed E-state index contributed by atoms with van der Waals surface area (Å²) in [6.45, 7) is 11.3. The van der Waals surface area contributed by atoms with Gasteiger partial charge in [-0.15, -0.1) is 0 Å². The molecule has 1 N–H and O–H groups in total. The number of aryl methyl sites for hydroxylation is 1. The van der Waals surface area contributed by atoms with Crippen LogP contribution in [0.25, 0.3) is 0 Å². The summed E-state index contributed by atoms with van der Waals surface area (Å²) >= 11 is 0. The molecule has 3 heteroatoms. The summed E-state index contributed by atoms with van der Waals surface area (Å²) < 4.78 is 0. The van der Waals surface area contributed by atoms with E-state index >= 15 is 0 Å². The van der Waals surface area contributed by atoms with Gasteiger partial charge in [-0.3, -0.25) is 0 Å². The van der Waals surface area contributed by atoms with Crippen LogP contribution < -0.4 is 0 Å². The first-order valence-corrected chi connectivity index (χ1v) is 10.8. The van der Waals surface area contributed by atoms with E-state index in [4.69, 9.17) is 0 Å². The lowest BCUT2D eigenvalue weighted by Crippen LogP contribution is -2.51. The molecule has 1 heterocycles. The maximum absolute atomic E-state index is 11.5. The van der Waals surface area contributed by atoms with Gasteiger partial charge in [-0.1, -0.05) is 62.4 Å². The molecule has 0 bridgehead atoms. The van der Waals surface area contributed by atoms with Gasteiger partial charge in [-0.2, -0.15) is 0 Å². The van der Waals surface area contributed by atoms with Crippen LogP contribution in [0.2, 0.25) is 0 Å². The van der Waals surface area contributed by atoms with E-state index in [1.807, 2.05) is 0 Å². The Morgan fingerprint density at radius 2 is 1.73 bits per heavy atom. The predicted molar refractivity (Wildman–Crippen MR) is 110 cm³/mol. The number of rotatable bonds is 7. The molecule has 1 saturated carbocycles. The van der Waals surface area contributed by atoms with Gasteiger partial charge in [0, 0.05) is 38.6 Å². The normalized spacial score (nSPS) is 23.0. The summed E-state index contributed by atoms with van der Waals surface area (Å²) in [5, 5.41) is 11.5. The van der Waals surface area contributed by atoms with E-state index < -0.39 is 5.60 Å². The van der Waals surface area contributed by atoms with Gasteiger partial charge in [0.25, 0.3) is 0 Å². The molecule has 1 unspecified atom stereocenters. The van der Waals surface area contributed by atoms with Gasteiger partial charge in [-0.05, 0) is 38.3 Å². The maximum Gasteiger partial charge on any atom is 0.0728 e. The highest BCUT2D eigenvalue weighted by Crippen LogP contribution is 2.40. The average molecular weight is 359 g/mol. The maximum atomic E-state index is 11.5. The van der Waals surface area contributed by atoms with Crippen molar-refractivity contribution in [3.63, 3.8) is 0 Å². The van der Waals surface area contributed by atoms with Crippen LogP contribution in [-0.4, -0.2) is 59.8 Å². The fourth-order valence-corrected chi connectivity index (χ4v) is 4.82. The Morgan fingerprint density at radius 3 is 2.38 bits per heavy atom. The molecule has 1 aromatic carbocycles. The third-order valence-corrected chi connectivity index (χ3v) is 6.55. The quantitative estimate of drug-likeness (QED) is 0.792. The summed E-state index contributed by atoms with van der Waals surface area (Å²) in [6, 6.07) is 8.86. The largest absolute Gasteiger partial charge is 0.389 e. The molecule has 0 aromatic heterocycles. The van der Waals surface area contributed by atoms with Crippen LogP contribution in [-0.2, 0) is 0 Å². The summed E-state index contributed by atoms with van der Waals surface area (Å²) in [4.78, 5) is 5.21. The van der Waals surface area contributed by atoms with E-state index in [1.165, 1.54) is 62.9 Å². The van der Waals surface area contributed by atoms with Gasteiger partial charge in [0.05, 0.1) is 5.60 Å². The Bertz CT molecular complexity index is 545. The minimum absolute atomic E-state index is 0.241. The predicted octanol–water partition coefficient (Wildman–Crippen LogP) is 4.19. The Balaban J connectivity index is 1.68. The molecular weight excluding hydrogens is 320 g/mol. The first kappa shape index (κ1) is 19.9. The van der Waals surface area contributed by atoms with Crippen molar-refractivity contribution in [3.8, 4) is 0 Å². The molecule has 2 aliphatic rings. The molecule has 3 nitrogen and oxygen atoms in total. The zero-order valence-corrected chi connectivity index (χ0v) is 16.9. The number of benzene rings is 1. The lowest BCUT2D eigenvalue weighted by molar-refractivity contribution is -0.0342. The van der Waals surface area contributed by atoms with Crippen molar-refractivity contribution in [2.45, 2.75) is 70.3 Å². The molecule has 0 spiro atoms. The second-order valence-electron chi connectivity index (χ2n) is 8.63. The fraction of sp³-hybridized carbons (Fsp3) is 0.739. The van der Waals surface area contributed by atoms with Crippen LogP contribution in [0.3, 0.4) is 0 Å². The lowest BCUT2D eigenvalue weighted by Gasteiger charge is -2.43. The summed E-state index contributed by atoms with van der Waals surface area (Å²) in [5.74, 6) is 0.241. The zero-order chi connectivity index (χ0) is 18.4. The smallest absolute Gasteiger partial charge is 0.0728 e. The van der Waals surface area contributed by atoms with Crippen molar-refractivity contribution in [1.29, 1.82) is 0 Å². The lowest BCUT2D eigenvalue weighted by atomic mass is 9.72. The van der Waals surface area contributed by atoms with Crippen molar-refractivity contribution >= 4 is 0 Å². The third-order valence-electron chi connectivity index (χ3n) is 6.55. The van der Waals surface area contributed by atoms with E-state index in [-0.39, 0.29) is 5.92 Å². The van der Waals surface area contributed by atoms with Gasteiger partial charge < -0.3 is 14.9 Å². The molecule has 0 radical (unpaired) electrons. The van der Waals surface area contributed by atoms with Crippen LogP contribution in [0, 0.1) is 6.92 Å². The zero-order valence-electron chi connectivity index (χ0n) is 16.9. The monoisotopic (exact) mass is 358 g/mol. The minimum Gasteiger partial charge on any atom is -0.389 e. The van der Waals surface area contributed by atoms with Crippen LogP contribution in [0.15, 0.2) is 24.3 Å². The average Bonchev–Trinajstić information content (AvgIpc) is 2.66. The second kappa shape index (κ2) is 9.34. The Labute approximate surface area is 160 Å². The topological polar surface area (TPSA) is 26.7 Å². The van der Waals surface area contributed by atoms with Gasteiger partial charge in [0.15, 0.2) is 0 Å². The Hall–Kier alpha value is -0.900. The summed E-state index contributed by atoms with van der Waals surface area (Å²) in [7, 11) is 0. The number of aliphatic hydroxyl groups is 1. The molecule has 1 saturated heterocycles. The fourth-order valence-electron chi connectivity index (χ4n) is 4.82. The number of unbranched alkanes of at least 4 members (excludes halogenated alkanes) is 1. The number of hydrogen-bond donors (Lipinski definition) is 1. The molecule has 1 aromatic rings. The van der Waals surface area contributed by atoms with Crippen molar-refractivity contribution in [1.82, 2.24) is 9.80 Å². The standard InChI is InChI=1S/C23H38N2O/c1-3-4-13-24-14-16-25(17-15-24)19-22(21-10-8-9-20(2)18-21)23(26)11-6-5-7-12-23/h8-10,18,22,26H,3-7,11-17,19H2,1-2H3. The van der Waals surface area contributed by atoms with E-state index in [9.17, 15) is 5.11 Å². The SMILES string of the molecule is CCCCN1CCN(CC(c2cccc(C)c2)C2(O)CCCCC2)CC1. The third kappa shape index (κ3) is 5.09. The van der Waals surface area contributed by atoms with E-state index in [1.54, 1.807) is 0 Å². The first-order valence-electron chi connectivity index (χ1n) is 10.8. The van der Waals surface area contributed by atoms with Crippen molar-refractivity contribution < 1.29 is 5.11 Å². The molecule has 1 aliphatic heterocycles.